The van der Waals surface area contributed by atoms with E-state index in [1.807, 2.05) is 6.26 Å². The van der Waals surface area contributed by atoms with E-state index in [9.17, 15) is 9.59 Å². The number of nitrogens with zero attached hydrogens (tertiary/aromatic N) is 1. The van der Waals surface area contributed by atoms with Crippen molar-refractivity contribution in [3.63, 3.8) is 0 Å². The van der Waals surface area contributed by atoms with Crippen LogP contribution in [0.1, 0.15) is 39.0 Å². The molecule has 154 valence electrons. The zero-order chi connectivity index (χ0) is 20.4. The summed E-state index contributed by atoms with van der Waals surface area (Å²) in [5.41, 5.74) is -0.367. The minimum atomic E-state index is -1.92. The quantitative estimate of drug-likeness (QED) is 0.544. The lowest BCUT2D eigenvalue weighted by Crippen LogP contribution is -2.44. The lowest BCUT2D eigenvalue weighted by Gasteiger charge is -2.37. The third-order valence-electron chi connectivity index (χ3n) is 5.45. The molecule has 1 aliphatic heterocycles. The topological polar surface area (TPSA) is 82.6 Å². The summed E-state index contributed by atoms with van der Waals surface area (Å²) in [5, 5.41) is 0.105. The standard InChI is InChI=1S/C18H32N2O5SSi/c1-12-9-20(17(22)19-16(12)21)15-8-13(23-11-26-5)14(25-15)10-24-27(6,7)18(2,3)4/h9,13-15H,8,10-11H2,1-7H3,(H,19,21,22)/t13-,14-,15-/m1/s1. The fourth-order valence-electron chi connectivity index (χ4n) is 2.66. The Morgan fingerprint density at radius 3 is 2.63 bits per heavy atom. The Labute approximate surface area is 165 Å². The Kier molecular flexibility index (Phi) is 7.18. The van der Waals surface area contributed by atoms with Crippen LogP contribution in [0.5, 0.6) is 0 Å². The minimum absolute atomic E-state index is 0.105. The molecular weight excluding hydrogens is 384 g/mol. The molecule has 7 nitrogen and oxygen atoms in total. The Morgan fingerprint density at radius 2 is 2.04 bits per heavy atom. The third-order valence-corrected chi connectivity index (χ3v) is 10.3. The molecule has 0 unspecified atom stereocenters. The van der Waals surface area contributed by atoms with E-state index < -0.39 is 20.2 Å². The molecule has 0 saturated carbocycles. The molecule has 1 aromatic heterocycles. The second kappa shape index (κ2) is 8.65. The van der Waals surface area contributed by atoms with E-state index in [0.717, 1.165) is 0 Å². The van der Waals surface area contributed by atoms with E-state index >= 15 is 0 Å². The predicted octanol–water partition coefficient (Wildman–Crippen LogP) is 2.86. The van der Waals surface area contributed by atoms with Crippen LogP contribution in [0.4, 0.5) is 0 Å². The SMILES string of the molecule is CSCO[C@@H]1C[C@H](n2cc(C)c(=O)[nH]c2=O)O[C@@H]1CO[Si](C)(C)C(C)(C)C. The van der Waals surface area contributed by atoms with Gasteiger partial charge in [-0.15, -0.1) is 11.8 Å². The largest absolute Gasteiger partial charge is 0.414 e. The molecule has 3 atom stereocenters. The fourth-order valence-corrected chi connectivity index (χ4v) is 3.98. The molecule has 1 N–H and O–H groups in total. The van der Waals surface area contributed by atoms with Gasteiger partial charge in [-0.1, -0.05) is 20.8 Å². The normalized spacial score (nSPS) is 23.7. The molecule has 1 saturated heterocycles. The van der Waals surface area contributed by atoms with Crippen molar-refractivity contribution in [3.05, 3.63) is 32.6 Å². The number of H-pyrrole nitrogens is 1. The number of thioether (sulfide) groups is 1. The van der Waals surface area contributed by atoms with Gasteiger partial charge in [-0.3, -0.25) is 14.3 Å². The van der Waals surface area contributed by atoms with Gasteiger partial charge in [0.25, 0.3) is 5.56 Å². The first kappa shape index (κ1) is 22.4. The lowest BCUT2D eigenvalue weighted by atomic mass is 10.2. The highest BCUT2D eigenvalue weighted by Crippen LogP contribution is 2.38. The molecule has 2 rings (SSSR count). The van der Waals surface area contributed by atoms with Crippen molar-refractivity contribution in [3.8, 4) is 0 Å². The van der Waals surface area contributed by atoms with Crippen molar-refractivity contribution in [2.24, 2.45) is 0 Å². The number of rotatable bonds is 7. The van der Waals surface area contributed by atoms with Crippen LogP contribution in [0.2, 0.25) is 18.1 Å². The monoisotopic (exact) mass is 416 g/mol. The highest BCUT2D eigenvalue weighted by atomic mass is 32.2. The van der Waals surface area contributed by atoms with E-state index in [-0.39, 0.29) is 22.8 Å². The fraction of sp³-hybridized carbons (Fsp3) is 0.778. The molecule has 0 radical (unpaired) electrons. The lowest BCUT2D eigenvalue weighted by molar-refractivity contribution is -0.0529. The smallest absolute Gasteiger partial charge is 0.330 e. The minimum Gasteiger partial charge on any atom is -0.414 e. The second-order valence-corrected chi connectivity index (χ2v) is 14.1. The van der Waals surface area contributed by atoms with Crippen molar-refractivity contribution < 1.29 is 13.9 Å². The Bertz CT molecular complexity index is 755. The van der Waals surface area contributed by atoms with Crippen LogP contribution in [-0.2, 0) is 13.9 Å². The van der Waals surface area contributed by atoms with E-state index in [4.69, 9.17) is 13.9 Å². The molecule has 9 heteroatoms. The summed E-state index contributed by atoms with van der Waals surface area (Å²) in [4.78, 5) is 26.2. The highest BCUT2D eigenvalue weighted by Gasteiger charge is 2.42. The number of aromatic nitrogens is 2. The van der Waals surface area contributed by atoms with Crippen LogP contribution >= 0.6 is 11.8 Å². The molecule has 1 aromatic rings. The van der Waals surface area contributed by atoms with Crippen LogP contribution in [0.25, 0.3) is 0 Å². The Morgan fingerprint density at radius 1 is 1.37 bits per heavy atom. The van der Waals surface area contributed by atoms with Crippen molar-refractivity contribution in [1.82, 2.24) is 9.55 Å². The predicted molar refractivity (Wildman–Crippen MR) is 111 cm³/mol. The number of aromatic amines is 1. The first-order valence-electron chi connectivity index (χ1n) is 9.18. The summed E-state index contributed by atoms with van der Waals surface area (Å²) in [7, 11) is -1.92. The molecule has 2 heterocycles. The maximum absolute atomic E-state index is 12.2. The zero-order valence-corrected chi connectivity index (χ0v) is 19.1. The molecule has 0 spiro atoms. The summed E-state index contributed by atoms with van der Waals surface area (Å²) in [5.74, 6) is 0.552. The number of hydrogen-bond acceptors (Lipinski definition) is 6. The van der Waals surface area contributed by atoms with Crippen molar-refractivity contribution >= 4 is 20.1 Å². The molecule has 0 aromatic carbocycles. The number of aryl methyl sites for hydroxylation is 1. The molecule has 0 aliphatic carbocycles. The van der Waals surface area contributed by atoms with Gasteiger partial charge in [-0.25, -0.2) is 4.79 Å². The summed E-state index contributed by atoms with van der Waals surface area (Å²) in [6.45, 7) is 13.1. The van der Waals surface area contributed by atoms with Gasteiger partial charge in [0.05, 0.1) is 18.6 Å². The van der Waals surface area contributed by atoms with Gasteiger partial charge in [0.2, 0.25) is 0 Å². The Balaban J connectivity index is 2.18. The summed E-state index contributed by atoms with van der Waals surface area (Å²) < 4.78 is 19.9. The molecule has 0 amide bonds. The first-order valence-corrected chi connectivity index (χ1v) is 13.5. The van der Waals surface area contributed by atoms with Crippen LogP contribution in [0.3, 0.4) is 0 Å². The third kappa shape index (κ3) is 5.35. The molecule has 1 fully saturated rings. The van der Waals surface area contributed by atoms with Gasteiger partial charge in [0.15, 0.2) is 8.32 Å². The van der Waals surface area contributed by atoms with Gasteiger partial charge in [0.1, 0.15) is 12.3 Å². The van der Waals surface area contributed by atoms with Gasteiger partial charge < -0.3 is 13.9 Å². The summed E-state index contributed by atoms with van der Waals surface area (Å²) in [6, 6.07) is 0. The first-order chi connectivity index (χ1) is 12.5. The van der Waals surface area contributed by atoms with Crippen molar-refractivity contribution in [2.45, 2.75) is 70.7 Å². The molecule has 1 aliphatic rings. The molecule has 0 bridgehead atoms. The number of hydrogen-bond donors (Lipinski definition) is 1. The maximum atomic E-state index is 12.2. The number of nitrogens with one attached hydrogen (secondary N) is 1. The average molecular weight is 417 g/mol. The van der Waals surface area contributed by atoms with Gasteiger partial charge >= 0.3 is 5.69 Å². The van der Waals surface area contributed by atoms with Crippen LogP contribution in [-0.4, -0.2) is 48.9 Å². The molecule has 27 heavy (non-hydrogen) atoms. The second-order valence-electron chi connectivity index (χ2n) is 8.53. The van der Waals surface area contributed by atoms with Gasteiger partial charge in [-0.05, 0) is 31.3 Å². The van der Waals surface area contributed by atoms with E-state index in [1.165, 1.54) is 4.57 Å². The summed E-state index contributed by atoms with van der Waals surface area (Å²) in [6.07, 6.45) is 3.17. The summed E-state index contributed by atoms with van der Waals surface area (Å²) >= 11 is 1.60. The highest BCUT2D eigenvalue weighted by molar-refractivity contribution is 7.98. The van der Waals surface area contributed by atoms with Crippen LogP contribution in [0, 0.1) is 6.92 Å². The number of ether oxygens (including phenoxy) is 2. The van der Waals surface area contributed by atoms with E-state index in [2.05, 4.69) is 38.8 Å². The zero-order valence-electron chi connectivity index (χ0n) is 17.3. The average Bonchev–Trinajstić information content (AvgIpc) is 2.96. The maximum Gasteiger partial charge on any atom is 0.330 e. The van der Waals surface area contributed by atoms with E-state index in [0.29, 0.717) is 24.5 Å². The Hall–Kier alpha value is -0.873. The van der Waals surface area contributed by atoms with E-state index in [1.54, 1.807) is 24.9 Å². The van der Waals surface area contributed by atoms with Crippen molar-refractivity contribution in [1.29, 1.82) is 0 Å². The van der Waals surface area contributed by atoms with Gasteiger partial charge in [-0.2, -0.15) is 0 Å². The van der Waals surface area contributed by atoms with Crippen LogP contribution < -0.4 is 11.2 Å². The molecular formula is C18H32N2O5SSi. The van der Waals surface area contributed by atoms with Gasteiger partial charge in [0, 0.05) is 18.2 Å². The van der Waals surface area contributed by atoms with Crippen molar-refractivity contribution in [2.75, 3.05) is 18.8 Å². The van der Waals surface area contributed by atoms with Crippen LogP contribution in [0.15, 0.2) is 15.8 Å².